The highest BCUT2D eigenvalue weighted by Crippen LogP contribution is 2.32. The summed E-state index contributed by atoms with van der Waals surface area (Å²) >= 11 is 0. The number of nitrogens with zero attached hydrogens (tertiary/aromatic N) is 2. The minimum absolute atomic E-state index is 0. The summed E-state index contributed by atoms with van der Waals surface area (Å²) in [4.78, 5) is 4.39. The Morgan fingerprint density at radius 3 is 2.33 bits per heavy atom. The Morgan fingerprint density at radius 2 is 1.81 bits per heavy atom. The standard InChI is InChI=1S/C17H19N3.BrH/c1-4-5-15-12(3)16(14(10-18)17(19)20-15)13-8-6-11(2)7-9-13;/h6-9H,4-5H2,1-3H3,(H2,19,20);1H. The number of nitrogens with two attached hydrogens (primary N) is 1. The van der Waals surface area contributed by atoms with Crippen LogP contribution < -0.4 is 5.73 Å². The van der Waals surface area contributed by atoms with Crippen molar-refractivity contribution in [2.45, 2.75) is 33.6 Å². The van der Waals surface area contributed by atoms with Crippen LogP contribution in [-0.4, -0.2) is 4.98 Å². The average molecular weight is 346 g/mol. The molecule has 0 radical (unpaired) electrons. The molecule has 0 atom stereocenters. The molecule has 0 bridgehead atoms. The summed E-state index contributed by atoms with van der Waals surface area (Å²) in [6.45, 7) is 6.18. The Morgan fingerprint density at radius 1 is 1.19 bits per heavy atom. The number of rotatable bonds is 3. The number of halogens is 1. The molecule has 4 heteroatoms. The molecule has 1 heterocycles. The van der Waals surface area contributed by atoms with Crippen LogP contribution >= 0.6 is 17.0 Å². The molecule has 21 heavy (non-hydrogen) atoms. The zero-order valence-corrected chi connectivity index (χ0v) is 14.3. The number of hydrogen-bond acceptors (Lipinski definition) is 3. The highest BCUT2D eigenvalue weighted by molar-refractivity contribution is 8.93. The number of benzene rings is 1. The number of pyridine rings is 1. The van der Waals surface area contributed by atoms with Crippen molar-refractivity contribution in [3.63, 3.8) is 0 Å². The van der Waals surface area contributed by atoms with Crippen LogP contribution in [0.4, 0.5) is 5.82 Å². The zero-order valence-electron chi connectivity index (χ0n) is 12.6. The molecule has 0 saturated heterocycles. The van der Waals surface area contributed by atoms with E-state index in [0.717, 1.165) is 35.2 Å². The van der Waals surface area contributed by atoms with E-state index in [9.17, 15) is 5.26 Å². The van der Waals surface area contributed by atoms with Gasteiger partial charge in [-0.15, -0.1) is 17.0 Å². The number of hydrogen-bond donors (Lipinski definition) is 1. The van der Waals surface area contributed by atoms with E-state index < -0.39 is 0 Å². The van der Waals surface area contributed by atoms with Crippen molar-refractivity contribution in [2.75, 3.05) is 5.73 Å². The SMILES string of the molecule is Br.CCCc1nc(N)c(C#N)c(-c2ccc(C)cc2)c1C. The highest BCUT2D eigenvalue weighted by atomic mass is 79.9. The molecule has 2 aromatic rings. The minimum atomic E-state index is 0. The third-order valence-electron chi connectivity index (χ3n) is 3.51. The first-order valence-corrected chi connectivity index (χ1v) is 6.84. The number of nitrogen functional groups attached to an aromatic ring is 1. The molecule has 0 fully saturated rings. The lowest BCUT2D eigenvalue weighted by Gasteiger charge is -2.14. The first kappa shape index (κ1) is 17.2. The van der Waals surface area contributed by atoms with E-state index in [1.54, 1.807) is 0 Å². The lowest BCUT2D eigenvalue weighted by Crippen LogP contribution is -2.05. The molecule has 110 valence electrons. The van der Waals surface area contributed by atoms with Gasteiger partial charge < -0.3 is 5.73 Å². The topological polar surface area (TPSA) is 62.7 Å². The van der Waals surface area contributed by atoms with E-state index in [1.807, 2.05) is 38.1 Å². The number of aromatic nitrogens is 1. The number of anilines is 1. The Bertz CT molecular complexity index is 670. The van der Waals surface area contributed by atoms with Crippen LogP contribution in [0.1, 0.15) is 35.7 Å². The fourth-order valence-electron chi connectivity index (χ4n) is 2.42. The molecule has 0 aliphatic rings. The second kappa shape index (κ2) is 7.24. The van der Waals surface area contributed by atoms with Crippen LogP contribution in [0.2, 0.25) is 0 Å². The van der Waals surface area contributed by atoms with Gasteiger partial charge in [0.25, 0.3) is 0 Å². The van der Waals surface area contributed by atoms with Crippen LogP contribution in [0.15, 0.2) is 24.3 Å². The van der Waals surface area contributed by atoms with Gasteiger partial charge in [0.1, 0.15) is 17.5 Å². The predicted octanol–water partition coefficient (Wildman–Crippen LogP) is 4.35. The van der Waals surface area contributed by atoms with E-state index in [-0.39, 0.29) is 17.0 Å². The molecule has 0 aliphatic carbocycles. The summed E-state index contributed by atoms with van der Waals surface area (Å²) in [5.74, 6) is 0.331. The van der Waals surface area contributed by atoms with Gasteiger partial charge in [0.05, 0.1) is 0 Å². The molecular formula is C17H20BrN3. The molecule has 2 N–H and O–H groups in total. The Hall–Kier alpha value is -1.86. The van der Waals surface area contributed by atoms with Crippen molar-refractivity contribution in [1.82, 2.24) is 4.98 Å². The second-order valence-electron chi connectivity index (χ2n) is 5.05. The summed E-state index contributed by atoms with van der Waals surface area (Å²) < 4.78 is 0. The van der Waals surface area contributed by atoms with Crippen molar-refractivity contribution in [3.05, 3.63) is 46.6 Å². The predicted molar refractivity (Wildman–Crippen MR) is 92.6 cm³/mol. The smallest absolute Gasteiger partial charge is 0.142 e. The van der Waals surface area contributed by atoms with Gasteiger partial charge in [-0.25, -0.2) is 4.98 Å². The molecule has 0 saturated carbocycles. The van der Waals surface area contributed by atoms with Gasteiger partial charge in [-0.3, -0.25) is 0 Å². The van der Waals surface area contributed by atoms with E-state index in [2.05, 4.69) is 18.0 Å². The van der Waals surface area contributed by atoms with Crippen LogP contribution in [0.25, 0.3) is 11.1 Å². The van der Waals surface area contributed by atoms with Crippen LogP contribution in [0.3, 0.4) is 0 Å². The lowest BCUT2D eigenvalue weighted by atomic mass is 9.93. The van der Waals surface area contributed by atoms with Gasteiger partial charge in [0.15, 0.2) is 0 Å². The van der Waals surface area contributed by atoms with Crippen molar-refractivity contribution in [2.24, 2.45) is 0 Å². The normalized spacial score (nSPS) is 9.81. The quantitative estimate of drug-likeness (QED) is 0.899. The van der Waals surface area contributed by atoms with Gasteiger partial charge in [-0.05, 0) is 31.4 Å². The van der Waals surface area contributed by atoms with Crippen molar-refractivity contribution in [1.29, 1.82) is 5.26 Å². The zero-order chi connectivity index (χ0) is 14.7. The molecule has 0 aliphatic heterocycles. The highest BCUT2D eigenvalue weighted by Gasteiger charge is 2.16. The summed E-state index contributed by atoms with van der Waals surface area (Å²) in [6.07, 6.45) is 1.88. The molecule has 3 nitrogen and oxygen atoms in total. The van der Waals surface area contributed by atoms with Gasteiger partial charge in [0.2, 0.25) is 0 Å². The van der Waals surface area contributed by atoms with E-state index in [4.69, 9.17) is 5.73 Å². The van der Waals surface area contributed by atoms with Gasteiger partial charge in [-0.2, -0.15) is 5.26 Å². The van der Waals surface area contributed by atoms with E-state index in [0.29, 0.717) is 11.4 Å². The molecule has 1 aromatic heterocycles. The number of aryl methyl sites for hydroxylation is 2. The Balaban J connectivity index is 0.00000220. The average Bonchev–Trinajstić information content (AvgIpc) is 2.43. The Kier molecular flexibility index (Phi) is 5.92. The van der Waals surface area contributed by atoms with Crippen molar-refractivity contribution < 1.29 is 0 Å². The second-order valence-corrected chi connectivity index (χ2v) is 5.05. The first-order chi connectivity index (χ1) is 9.58. The van der Waals surface area contributed by atoms with Crippen LogP contribution in [-0.2, 0) is 6.42 Å². The van der Waals surface area contributed by atoms with E-state index in [1.165, 1.54) is 5.56 Å². The monoisotopic (exact) mass is 345 g/mol. The first-order valence-electron chi connectivity index (χ1n) is 6.84. The van der Waals surface area contributed by atoms with Gasteiger partial charge in [0, 0.05) is 11.3 Å². The molecule has 2 rings (SSSR count). The Labute approximate surface area is 136 Å². The summed E-state index contributed by atoms with van der Waals surface area (Å²) in [5, 5.41) is 9.39. The fourth-order valence-corrected chi connectivity index (χ4v) is 2.42. The molecule has 0 amide bonds. The minimum Gasteiger partial charge on any atom is -0.383 e. The fraction of sp³-hybridized carbons (Fsp3) is 0.294. The maximum atomic E-state index is 9.39. The van der Waals surface area contributed by atoms with Crippen LogP contribution in [0, 0.1) is 25.2 Å². The van der Waals surface area contributed by atoms with Crippen molar-refractivity contribution >= 4 is 22.8 Å². The lowest BCUT2D eigenvalue weighted by molar-refractivity contribution is 0.874. The van der Waals surface area contributed by atoms with Gasteiger partial charge >= 0.3 is 0 Å². The maximum absolute atomic E-state index is 9.39. The molecule has 0 spiro atoms. The summed E-state index contributed by atoms with van der Waals surface area (Å²) in [7, 11) is 0. The summed E-state index contributed by atoms with van der Waals surface area (Å²) in [6, 6.07) is 10.4. The third-order valence-corrected chi connectivity index (χ3v) is 3.51. The van der Waals surface area contributed by atoms with Gasteiger partial charge in [-0.1, -0.05) is 43.2 Å². The number of nitriles is 1. The summed E-state index contributed by atoms with van der Waals surface area (Å²) in [5.41, 5.74) is 11.6. The van der Waals surface area contributed by atoms with E-state index >= 15 is 0 Å². The third kappa shape index (κ3) is 3.43. The maximum Gasteiger partial charge on any atom is 0.142 e. The van der Waals surface area contributed by atoms with Crippen LogP contribution in [0.5, 0.6) is 0 Å². The van der Waals surface area contributed by atoms with Crippen molar-refractivity contribution in [3.8, 4) is 17.2 Å². The molecular weight excluding hydrogens is 326 g/mol. The molecule has 0 unspecified atom stereocenters. The molecule has 1 aromatic carbocycles. The largest absolute Gasteiger partial charge is 0.383 e.